The largest absolute Gasteiger partial charge is 0.497 e. The number of nitrogens with zero attached hydrogens (tertiary/aromatic N) is 9. The molecule has 0 fully saturated rings. The van der Waals surface area contributed by atoms with E-state index in [0.717, 1.165) is 19.6 Å². The number of anilines is 8. The van der Waals surface area contributed by atoms with Crippen molar-refractivity contribution in [3.8, 4) is 23.0 Å². The minimum atomic E-state index is -4.16. The molecule has 0 spiro atoms. The van der Waals surface area contributed by atoms with Gasteiger partial charge in [0.15, 0.2) is 34.6 Å². The summed E-state index contributed by atoms with van der Waals surface area (Å²) in [5.74, 6) is 2.00. The van der Waals surface area contributed by atoms with Crippen molar-refractivity contribution in [3.05, 3.63) is 122 Å². The number of methoxy groups -OCH3 is 4. The van der Waals surface area contributed by atoms with Gasteiger partial charge in [-0.3, -0.25) is 23.9 Å². The molecule has 26 nitrogen and oxygen atoms in total. The van der Waals surface area contributed by atoms with Crippen molar-refractivity contribution in [2.24, 2.45) is 0 Å². The molecule has 4 heterocycles. The van der Waals surface area contributed by atoms with E-state index in [1.165, 1.54) is 52.7 Å². The number of nitrogen functional groups attached to an aromatic ring is 1. The average Bonchev–Trinajstić information content (AvgIpc) is 2.32. The molecule has 88 heavy (non-hydrogen) atoms. The number of aromatic nitrogens is 6. The Kier molecular flexibility index (Phi) is 30.2. The third-order valence-corrected chi connectivity index (χ3v) is 14.6. The molecule has 0 aliphatic rings. The molecule has 8 rings (SSSR count). The number of nitrogens with two attached hydrogens (primary N) is 1. The first-order valence-corrected chi connectivity index (χ1v) is 29.8. The fraction of sp³-hybridized carbons (Fsp3) is 0.310. The third-order valence-electron chi connectivity index (χ3n) is 11.4. The van der Waals surface area contributed by atoms with Crippen molar-refractivity contribution in [2.75, 3.05) is 140 Å². The number of hydrogen-bond donors (Lipinski definition) is 7. The molecule has 8 aromatic rings. The van der Waals surface area contributed by atoms with Crippen LogP contribution in [-0.2, 0) is 29.6 Å². The van der Waals surface area contributed by atoms with E-state index in [0.29, 0.717) is 63.3 Å². The highest BCUT2D eigenvalue weighted by molar-refractivity contribution is 7.93. The first-order valence-electron chi connectivity index (χ1n) is 25.9. The number of fused-ring (bicyclic) bond motifs is 2. The fourth-order valence-corrected chi connectivity index (χ4v) is 9.28. The number of benzene rings is 4. The third kappa shape index (κ3) is 23.7. The lowest BCUT2D eigenvalue weighted by Crippen LogP contribution is -2.34. The van der Waals surface area contributed by atoms with Gasteiger partial charge in [0.2, 0.25) is 11.1 Å². The van der Waals surface area contributed by atoms with Crippen molar-refractivity contribution in [3.63, 3.8) is 0 Å². The minimum Gasteiger partial charge on any atom is -0.497 e. The van der Waals surface area contributed by atoms with Crippen molar-refractivity contribution in [1.29, 1.82) is 0 Å². The number of hydrogen-bond acceptors (Lipinski definition) is 23. The summed E-state index contributed by atoms with van der Waals surface area (Å²) in [6.07, 6.45) is 3.09. The summed E-state index contributed by atoms with van der Waals surface area (Å²) in [5, 5.41) is 11.5. The molecular formula is C58H78Cl2N16O10S2. The van der Waals surface area contributed by atoms with Gasteiger partial charge in [-0.05, 0) is 115 Å². The molecule has 0 bridgehead atoms. The van der Waals surface area contributed by atoms with Crippen molar-refractivity contribution in [1.82, 2.24) is 49.9 Å². The van der Waals surface area contributed by atoms with Crippen molar-refractivity contribution >= 4 is 123 Å². The first kappa shape index (κ1) is 73.8. The van der Waals surface area contributed by atoms with Gasteiger partial charge in [0.25, 0.3) is 20.0 Å². The standard InChI is InChI=1S/C28H34N8O5S.C21H20N6O4S.C5H14N2.C2H2Cl2O.2CH4/c1-35(2)12-13-36(3)18-25(37)30-19-8-6-9-23(16-19)42(38,39)34-28-27(32-24-10-7-11-29-26(24)33-28)31-20-14-21(40-4)17-22(15-20)41-5;1-30-15-10-14(11-16(12-15)31-2)24-20-21(26-19-18(25-20)7-4-8-23-19)27-32(28,29)17-6-3-5-13(22)9-17;1-6-4-5-7(2)3;3-1-2(4)5;;/h6-11,14-17H,12-13,18H2,1-5H3,(H,30,37)(H,31,32)(H,29,33,34);3-12H,22H2,1-2H3,(H,24,25)(H,23,26,27);6H,4-5H2,1-3H3;1H2;2*1H4. The van der Waals surface area contributed by atoms with Gasteiger partial charge in [0, 0.05) is 97.7 Å². The molecule has 8 N–H and O–H groups in total. The summed E-state index contributed by atoms with van der Waals surface area (Å²) < 4.78 is 79.3. The molecule has 30 heteroatoms. The van der Waals surface area contributed by atoms with Crippen LogP contribution in [0.1, 0.15) is 14.9 Å². The average molecular weight is 1290 g/mol. The molecular weight excluding hydrogens is 1220 g/mol. The van der Waals surface area contributed by atoms with E-state index in [2.05, 4.69) is 79.6 Å². The lowest BCUT2D eigenvalue weighted by Gasteiger charge is -2.19. The van der Waals surface area contributed by atoms with Gasteiger partial charge in [-0.25, -0.2) is 46.7 Å². The maximum Gasteiger partial charge on any atom is 0.263 e. The second-order valence-corrected chi connectivity index (χ2v) is 22.8. The van der Waals surface area contributed by atoms with Gasteiger partial charge in [-0.2, -0.15) is 0 Å². The number of likely N-dealkylation sites (N-methyl/N-ethyl adjacent to an activating group) is 4. The highest BCUT2D eigenvalue weighted by Gasteiger charge is 2.23. The molecule has 0 radical (unpaired) electrons. The fourth-order valence-electron chi connectivity index (χ4n) is 7.16. The zero-order valence-electron chi connectivity index (χ0n) is 49.0. The number of pyridine rings is 2. The molecule has 0 saturated carbocycles. The second-order valence-electron chi connectivity index (χ2n) is 18.8. The number of nitrogens with one attached hydrogen (secondary N) is 6. The van der Waals surface area contributed by atoms with Crippen LogP contribution in [0.5, 0.6) is 23.0 Å². The lowest BCUT2D eigenvalue weighted by atomic mass is 10.2. The molecule has 4 aromatic heterocycles. The van der Waals surface area contributed by atoms with Gasteiger partial charge in [-0.1, -0.05) is 27.0 Å². The smallest absolute Gasteiger partial charge is 0.263 e. The van der Waals surface area contributed by atoms with Gasteiger partial charge < -0.3 is 55.7 Å². The monoisotopic (exact) mass is 1290 g/mol. The van der Waals surface area contributed by atoms with Crippen LogP contribution in [0.25, 0.3) is 22.3 Å². The van der Waals surface area contributed by atoms with Gasteiger partial charge >= 0.3 is 0 Å². The van der Waals surface area contributed by atoms with Crippen LogP contribution < -0.4 is 55.4 Å². The van der Waals surface area contributed by atoms with Crippen LogP contribution in [0.3, 0.4) is 0 Å². The SMILES string of the molecule is C.C.CNCCN(C)C.COc1cc(Nc2nc3cccnc3nc2NS(=O)(=O)c2cccc(N)c2)cc(OC)c1.COc1cc(Nc2nc3cccnc3nc2NS(=O)(=O)c2cccc(NC(=O)CN(C)CCN(C)C)c2)cc(OC)c1.O=C(Cl)CCl. The molecule has 0 aliphatic heterocycles. The number of amides is 1. The van der Waals surface area contributed by atoms with Crippen molar-refractivity contribution < 1.29 is 45.4 Å². The molecule has 1 amide bonds. The summed E-state index contributed by atoms with van der Waals surface area (Å²) >= 11 is 9.55. The van der Waals surface area contributed by atoms with Crippen LogP contribution in [0, 0.1) is 0 Å². The molecule has 0 atom stereocenters. The lowest BCUT2D eigenvalue weighted by molar-refractivity contribution is -0.117. The number of carbonyl (C=O) groups is 2. The number of sulfonamides is 2. The van der Waals surface area contributed by atoms with E-state index in [4.69, 9.17) is 47.9 Å². The molecule has 476 valence electrons. The number of ether oxygens (including phenoxy) is 4. The van der Waals surface area contributed by atoms with E-state index < -0.39 is 25.3 Å². The van der Waals surface area contributed by atoms with Gasteiger partial charge in [-0.15, -0.1) is 11.6 Å². The van der Waals surface area contributed by atoms with E-state index in [1.54, 1.807) is 97.3 Å². The van der Waals surface area contributed by atoms with E-state index >= 15 is 0 Å². The Hall–Kier alpha value is -8.48. The zero-order chi connectivity index (χ0) is 63.0. The van der Waals surface area contributed by atoms with Crippen LogP contribution in [-0.4, -0.2) is 182 Å². The Morgan fingerprint density at radius 2 is 0.989 bits per heavy atom. The van der Waals surface area contributed by atoms with Crippen molar-refractivity contribution in [2.45, 2.75) is 24.6 Å². The summed E-state index contributed by atoms with van der Waals surface area (Å²) in [6, 6.07) is 29.1. The van der Waals surface area contributed by atoms with E-state index in [1.807, 2.05) is 38.0 Å². The zero-order valence-corrected chi connectivity index (χ0v) is 52.2. The summed E-state index contributed by atoms with van der Waals surface area (Å²) in [7, 11) is 9.83. The van der Waals surface area contributed by atoms with Gasteiger partial charge in [0.05, 0.1) is 50.7 Å². The Morgan fingerprint density at radius 1 is 0.557 bits per heavy atom. The normalized spacial score (nSPS) is 10.8. The van der Waals surface area contributed by atoms with E-state index in [-0.39, 0.29) is 77.5 Å². The molecule has 0 unspecified atom stereocenters. The summed E-state index contributed by atoms with van der Waals surface area (Å²) in [5.41, 5.74) is 8.98. The van der Waals surface area contributed by atoms with Crippen LogP contribution in [0.15, 0.2) is 131 Å². The topological polar surface area (TPSA) is 325 Å². The van der Waals surface area contributed by atoms with E-state index in [9.17, 15) is 26.4 Å². The number of halogens is 2. The highest BCUT2D eigenvalue weighted by Crippen LogP contribution is 2.33. The molecule has 0 saturated heterocycles. The maximum absolute atomic E-state index is 13.5. The quantitative estimate of drug-likeness (QED) is 0.0170. The Balaban J connectivity index is 0.000000388. The molecule has 4 aromatic carbocycles. The summed E-state index contributed by atoms with van der Waals surface area (Å²) in [4.78, 5) is 54.2. The van der Waals surface area contributed by atoms with Gasteiger partial charge in [0.1, 0.15) is 34.0 Å². The number of alkyl halides is 1. The summed E-state index contributed by atoms with van der Waals surface area (Å²) in [6.45, 7) is 3.87. The van der Waals surface area contributed by atoms with Crippen LogP contribution in [0.2, 0.25) is 0 Å². The number of rotatable bonds is 24. The minimum absolute atomic E-state index is 0. The second kappa shape index (κ2) is 36.0. The number of carbonyl (C=O) groups excluding carboxylic acids is 2. The Morgan fingerprint density at radius 3 is 1.38 bits per heavy atom. The predicted octanol–water partition coefficient (Wildman–Crippen LogP) is 8.22. The van der Waals surface area contributed by atoms with Crippen LogP contribution in [0.4, 0.5) is 46.0 Å². The maximum atomic E-state index is 13.5. The Labute approximate surface area is 525 Å². The predicted molar refractivity (Wildman–Crippen MR) is 351 cm³/mol. The Bertz CT molecular complexity index is 3740. The van der Waals surface area contributed by atoms with Crippen LogP contribution >= 0.6 is 23.2 Å². The molecule has 0 aliphatic carbocycles. The first-order chi connectivity index (χ1) is 41.0. The highest BCUT2D eigenvalue weighted by atomic mass is 35.5.